The molecule has 3 rings (SSSR count). The average molecular weight is 274 g/mol. The Morgan fingerprint density at radius 1 is 1.40 bits per heavy atom. The molecule has 108 valence electrons. The average Bonchev–Trinajstić information content (AvgIpc) is 3.28. The first-order valence-electron chi connectivity index (χ1n) is 7.47. The Balaban J connectivity index is 1.54. The molecule has 1 heterocycles. The van der Waals surface area contributed by atoms with E-state index in [4.69, 9.17) is 4.74 Å². The van der Waals surface area contributed by atoms with E-state index in [0.29, 0.717) is 12.6 Å². The van der Waals surface area contributed by atoms with Crippen LogP contribution in [0.4, 0.5) is 0 Å². The van der Waals surface area contributed by atoms with E-state index >= 15 is 0 Å². The third-order valence-electron chi connectivity index (χ3n) is 4.02. The highest BCUT2D eigenvalue weighted by Crippen LogP contribution is 2.26. The van der Waals surface area contributed by atoms with E-state index in [1.807, 2.05) is 13.0 Å². The van der Waals surface area contributed by atoms with Crippen LogP contribution in [-0.2, 0) is 16.0 Å². The van der Waals surface area contributed by atoms with Gasteiger partial charge in [0.05, 0.1) is 18.8 Å². The molecule has 1 saturated carbocycles. The second kappa shape index (κ2) is 5.94. The van der Waals surface area contributed by atoms with Gasteiger partial charge < -0.3 is 15.4 Å². The standard InChI is InChI=1S/C16H22N2O2/c1-11(16(19)18-13-6-7-13)17-10-15-14-5-3-2-4-12(14)8-9-20-15/h2-5,11,13,15,17H,6-10H2,1H3,(H,18,19). The fourth-order valence-electron chi connectivity index (χ4n) is 2.58. The largest absolute Gasteiger partial charge is 0.372 e. The minimum Gasteiger partial charge on any atom is -0.372 e. The van der Waals surface area contributed by atoms with Crippen molar-refractivity contribution in [2.45, 2.75) is 44.4 Å². The van der Waals surface area contributed by atoms with Gasteiger partial charge in [0.25, 0.3) is 0 Å². The van der Waals surface area contributed by atoms with Gasteiger partial charge in [0.15, 0.2) is 0 Å². The predicted molar refractivity (Wildman–Crippen MR) is 77.5 cm³/mol. The van der Waals surface area contributed by atoms with Crippen molar-refractivity contribution < 1.29 is 9.53 Å². The third-order valence-corrected chi connectivity index (χ3v) is 4.02. The summed E-state index contributed by atoms with van der Waals surface area (Å²) in [5.74, 6) is 0.0941. The molecular formula is C16H22N2O2. The molecule has 1 aliphatic heterocycles. The van der Waals surface area contributed by atoms with Crippen LogP contribution in [0.1, 0.15) is 37.0 Å². The topological polar surface area (TPSA) is 50.4 Å². The summed E-state index contributed by atoms with van der Waals surface area (Å²) >= 11 is 0. The van der Waals surface area contributed by atoms with E-state index in [1.165, 1.54) is 11.1 Å². The molecule has 1 aromatic carbocycles. The number of benzene rings is 1. The number of nitrogens with one attached hydrogen (secondary N) is 2. The molecule has 0 spiro atoms. The molecule has 0 saturated heterocycles. The summed E-state index contributed by atoms with van der Waals surface area (Å²) in [6.45, 7) is 3.34. The van der Waals surface area contributed by atoms with E-state index in [9.17, 15) is 4.79 Å². The first-order valence-corrected chi connectivity index (χ1v) is 7.47. The number of hydrogen-bond donors (Lipinski definition) is 2. The lowest BCUT2D eigenvalue weighted by molar-refractivity contribution is -0.123. The quantitative estimate of drug-likeness (QED) is 0.856. The van der Waals surface area contributed by atoms with Gasteiger partial charge in [0.1, 0.15) is 0 Å². The van der Waals surface area contributed by atoms with Crippen molar-refractivity contribution in [2.24, 2.45) is 0 Å². The predicted octanol–water partition coefficient (Wildman–Crippen LogP) is 1.56. The van der Waals surface area contributed by atoms with Crippen molar-refractivity contribution in [1.29, 1.82) is 0 Å². The van der Waals surface area contributed by atoms with Crippen LogP contribution in [0.5, 0.6) is 0 Å². The maximum atomic E-state index is 11.9. The molecule has 0 aromatic heterocycles. The number of ether oxygens (including phenoxy) is 1. The Morgan fingerprint density at radius 2 is 2.20 bits per heavy atom. The van der Waals surface area contributed by atoms with Gasteiger partial charge in [-0.1, -0.05) is 24.3 Å². The Labute approximate surface area is 119 Å². The second-order valence-corrected chi connectivity index (χ2v) is 5.72. The van der Waals surface area contributed by atoms with E-state index in [1.54, 1.807) is 0 Å². The molecule has 20 heavy (non-hydrogen) atoms. The van der Waals surface area contributed by atoms with Crippen molar-refractivity contribution in [3.63, 3.8) is 0 Å². The number of carbonyl (C=O) groups is 1. The van der Waals surface area contributed by atoms with E-state index in [2.05, 4.69) is 28.8 Å². The molecule has 0 bridgehead atoms. The Bertz CT molecular complexity index is 485. The summed E-state index contributed by atoms with van der Waals surface area (Å²) < 4.78 is 5.83. The van der Waals surface area contributed by atoms with Crippen LogP contribution < -0.4 is 10.6 Å². The summed E-state index contributed by atoms with van der Waals surface area (Å²) in [5, 5.41) is 6.31. The van der Waals surface area contributed by atoms with Crippen LogP contribution in [0.15, 0.2) is 24.3 Å². The van der Waals surface area contributed by atoms with Gasteiger partial charge in [-0.15, -0.1) is 0 Å². The van der Waals surface area contributed by atoms with Crippen molar-refractivity contribution >= 4 is 5.91 Å². The van der Waals surface area contributed by atoms with Crippen molar-refractivity contribution in [3.05, 3.63) is 35.4 Å². The zero-order chi connectivity index (χ0) is 13.9. The summed E-state index contributed by atoms with van der Waals surface area (Å²) in [6, 6.07) is 8.64. The lowest BCUT2D eigenvalue weighted by Crippen LogP contribution is -2.44. The number of carbonyl (C=O) groups excluding carboxylic acids is 1. The van der Waals surface area contributed by atoms with Gasteiger partial charge in [-0.05, 0) is 37.3 Å². The first-order chi connectivity index (χ1) is 9.74. The minimum absolute atomic E-state index is 0.0520. The molecular weight excluding hydrogens is 252 g/mol. The third kappa shape index (κ3) is 3.19. The molecule has 2 aliphatic rings. The highest BCUT2D eigenvalue weighted by atomic mass is 16.5. The van der Waals surface area contributed by atoms with Crippen LogP contribution in [0.25, 0.3) is 0 Å². The first kappa shape index (κ1) is 13.6. The van der Waals surface area contributed by atoms with Crippen molar-refractivity contribution in [1.82, 2.24) is 10.6 Å². The van der Waals surface area contributed by atoms with Gasteiger partial charge in [-0.3, -0.25) is 4.79 Å². The Kier molecular flexibility index (Phi) is 4.03. The van der Waals surface area contributed by atoms with Crippen LogP contribution in [0.3, 0.4) is 0 Å². The van der Waals surface area contributed by atoms with Crippen molar-refractivity contribution in [3.8, 4) is 0 Å². The zero-order valence-corrected chi connectivity index (χ0v) is 11.9. The molecule has 0 radical (unpaired) electrons. The van der Waals surface area contributed by atoms with E-state index < -0.39 is 0 Å². The van der Waals surface area contributed by atoms with Gasteiger partial charge in [0.2, 0.25) is 5.91 Å². The van der Waals surface area contributed by atoms with Gasteiger partial charge in [0, 0.05) is 12.6 Å². The maximum Gasteiger partial charge on any atom is 0.237 e. The molecule has 1 amide bonds. The molecule has 2 N–H and O–H groups in total. The normalized spacial score (nSPS) is 22.9. The highest BCUT2D eigenvalue weighted by Gasteiger charge is 2.26. The monoisotopic (exact) mass is 274 g/mol. The second-order valence-electron chi connectivity index (χ2n) is 5.72. The van der Waals surface area contributed by atoms with E-state index in [0.717, 1.165) is 25.9 Å². The van der Waals surface area contributed by atoms with Crippen LogP contribution in [-0.4, -0.2) is 31.1 Å². The lowest BCUT2D eigenvalue weighted by atomic mass is 9.97. The molecule has 4 heteroatoms. The summed E-state index contributed by atoms with van der Waals surface area (Å²) in [7, 11) is 0. The zero-order valence-electron chi connectivity index (χ0n) is 11.9. The smallest absolute Gasteiger partial charge is 0.237 e. The van der Waals surface area contributed by atoms with Crippen LogP contribution in [0.2, 0.25) is 0 Å². The van der Waals surface area contributed by atoms with Crippen LogP contribution in [0, 0.1) is 0 Å². The number of rotatable bonds is 5. The molecule has 1 fully saturated rings. The number of amides is 1. The summed E-state index contributed by atoms with van der Waals surface area (Å²) in [4.78, 5) is 11.9. The number of hydrogen-bond acceptors (Lipinski definition) is 3. The molecule has 4 nitrogen and oxygen atoms in total. The number of fused-ring (bicyclic) bond motifs is 1. The van der Waals surface area contributed by atoms with Crippen molar-refractivity contribution in [2.75, 3.05) is 13.2 Å². The molecule has 1 aromatic rings. The summed E-state index contributed by atoms with van der Waals surface area (Å²) in [5.41, 5.74) is 2.61. The Morgan fingerprint density at radius 3 is 3.00 bits per heavy atom. The summed E-state index contributed by atoms with van der Waals surface area (Å²) in [6.07, 6.45) is 3.27. The fourth-order valence-corrected chi connectivity index (χ4v) is 2.58. The lowest BCUT2D eigenvalue weighted by Gasteiger charge is -2.27. The van der Waals surface area contributed by atoms with Crippen LogP contribution >= 0.6 is 0 Å². The molecule has 1 aliphatic carbocycles. The van der Waals surface area contributed by atoms with Gasteiger partial charge >= 0.3 is 0 Å². The van der Waals surface area contributed by atoms with Gasteiger partial charge in [-0.25, -0.2) is 0 Å². The Hall–Kier alpha value is -1.39. The molecule has 2 unspecified atom stereocenters. The fraction of sp³-hybridized carbons (Fsp3) is 0.562. The van der Waals surface area contributed by atoms with Gasteiger partial charge in [-0.2, -0.15) is 0 Å². The maximum absolute atomic E-state index is 11.9. The minimum atomic E-state index is -0.173. The van der Waals surface area contributed by atoms with E-state index in [-0.39, 0.29) is 18.1 Å². The highest BCUT2D eigenvalue weighted by molar-refractivity contribution is 5.81. The SMILES string of the molecule is CC(NCC1OCCc2ccccc21)C(=O)NC1CC1. The molecule has 2 atom stereocenters.